The number of hydrogen-bond donors (Lipinski definition) is 0. The topological polar surface area (TPSA) is 37.4 Å². The van der Waals surface area contributed by atoms with Crippen LogP contribution in [0, 0.1) is 30.6 Å². The number of rotatable bonds is 1. The Morgan fingerprint density at radius 2 is 1.70 bits per heavy atom. The van der Waals surface area contributed by atoms with Crippen molar-refractivity contribution in [1.29, 1.82) is 0 Å². The number of halogens is 1. The maximum absolute atomic E-state index is 12.6. The smallest absolute Gasteiger partial charge is 0.238 e. The first kappa shape index (κ1) is 12.2. The van der Waals surface area contributed by atoms with Gasteiger partial charge in [0.1, 0.15) is 0 Å². The first-order valence-corrected chi connectivity index (χ1v) is 7.28. The van der Waals surface area contributed by atoms with Gasteiger partial charge < -0.3 is 0 Å². The Morgan fingerprint density at radius 3 is 2.25 bits per heavy atom. The maximum atomic E-state index is 12.6. The molecule has 0 N–H and O–H groups in total. The maximum Gasteiger partial charge on any atom is 0.238 e. The van der Waals surface area contributed by atoms with Crippen LogP contribution in [0.4, 0.5) is 5.69 Å². The lowest BCUT2D eigenvalue weighted by Crippen LogP contribution is -2.32. The van der Waals surface area contributed by atoms with Crippen molar-refractivity contribution in [3.63, 3.8) is 0 Å². The molecule has 1 heterocycles. The van der Waals surface area contributed by atoms with Crippen LogP contribution in [-0.2, 0) is 9.59 Å². The Balaban J connectivity index is 1.76. The zero-order chi connectivity index (χ0) is 14.0. The van der Waals surface area contributed by atoms with Crippen LogP contribution < -0.4 is 4.90 Å². The predicted octanol–water partition coefficient (Wildman–Crippen LogP) is 2.96. The monoisotopic (exact) mass is 287 g/mol. The van der Waals surface area contributed by atoms with Crippen LogP contribution in [0.2, 0.25) is 5.02 Å². The number of carbonyl (C=O) groups excluding carboxylic acids is 2. The molecule has 2 amide bonds. The van der Waals surface area contributed by atoms with Crippen LogP contribution in [0.3, 0.4) is 0 Å². The third-order valence-corrected chi connectivity index (χ3v) is 5.29. The molecule has 2 bridgehead atoms. The summed E-state index contributed by atoms with van der Waals surface area (Å²) in [7, 11) is 0. The van der Waals surface area contributed by atoms with Crippen LogP contribution in [0.1, 0.15) is 12.0 Å². The normalized spacial score (nSPS) is 34.2. The Bertz CT molecular complexity index is 636. The highest BCUT2D eigenvalue weighted by Crippen LogP contribution is 2.53. The Morgan fingerprint density at radius 1 is 1.10 bits per heavy atom. The van der Waals surface area contributed by atoms with Crippen molar-refractivity contribution in [2.75, 3.05) is 4.90 Å². The predicted molar refractivity (Wildman–Crippen MR) is 76.4 cm³/mol. The zero-order valence-electron chi connectivity index (χ0n) is 11.0. The van der Waals surface area contributed by atoms with E-state index in [1.165, 1.54) is 4.90 Å². The molecule has 102 valence electrons. The van der Waals surface area contributed by atoms with E-state index in [1.807, 2.05) is 13.0 Å². The molecule has 0 aromatic heterocycles. The lowest BCUT2D eigenvalue weighted by molar-refractivity contribution is -0.123. The minimum Gasteiger partial charge on any atom is -0.274 e. The average molecular weight is 288 g/mol. The summed E-state index contributed by atoms with van der Waals surface area (Å²) < 4.78 is 0. The number of carbonyl (C=O) groups is 2. The first-order chi connectivity index (χ1) is 9.58. The summed E-state index contributed by atoms with van der Waals surface area (Å²) in [4.78, 5) is 26.6. The van der Waals surface area contributed by atoms with E-state index in [4.69, 9.17) is 11.6 Å². The van der Waals surface area contributed by atoms with Gasteiger partial charge in [0.05, 0.1) is 17.5 Å². The molecule has 3 aliphatic rings. The van der Waals surface area contributed by atoms with E-state index in [2.05, 4.69) is 12.2 Å². The van der Waals surface area contributed by atoms with Crippen molar-refractivity contribution in [1.82, 2.24) is 0 Å². The van der Waals surface area contributed by atoms with Gasteiger partial charge in [-0.05, 0) is 48.9 Å². The van der Waals surface area contributed by atoms with E-state index in [-0.39, 0.29) is 35.5 Å². The Kier molecular flexibility index (Phi) is 2.40. The number of benzene rings is 1. The lowest BCUT2D eigenvalue weighted by Gasteiger charge is -2.18. The van der Waals surface area contributed by atoms with Gasteiger partial charge in [0, 0.05) is 5.02 Å². The van der Waals surface area contributed by atoms with Gasteiger partial charge >= 0.3 is 0 Å². The molecule has 0 radical (unpaired) electrons. The highest BCUT2D eigenvalue weighted by atomic mass is 35.5. The number of imide groups is 1. The van der Waals surface area contributed by atoms with Crippen molar-refractivity contribution in [2.24, 2.45) is 23.7 Å². The van der Waals surface area contributed by atoms with Crippen molar-refractivity contribution < 1.29 is 9.59 Å². The summed E-state index contributed by atoms with van der Waals surface area (Å²) in [5.74, 6) is 0.124. The minimum absolute atomic E-state index is 0.0430. The highest BCUT2D eigenvalue weighted by molar-refractivity contribution is 6.31. The van der Waals surface area contributed by atoms with Gasteiger partial charge in [-0.15, -0.1) is 0 Å². The highest BCUT2D eigenvalue weighted by Gasteiger charge is 2.59. The van der Waals surface area contributed by atoms with Crippen molar-refractivity contribution in [3.8, 4) is 0 Å². The molecule has 1 aliphatic heterocycles. The average Bonchev–Trinajstić information content (AvgIpc) is 3.08. The van der Waals surface area contributed by atoms with Gasteiger partial charge in [-0.2, -0.15) is 0 Å². The van der Waals surface area contributed by atoms with Crippen molar-refractivity contribution in [3.05, 3.63) is 40.9 Å². The number of allylic oxidation sites excluding steroid dienone is 2. The standard InChI is InChI=1S/C16H14ClNO2/c1-8-6-11(4-5-12(8)17)18-15(19)13-9-2-3-10(7-9)14(13)16(18)20/h2-6,9-10,13-14H,7H2,1H3. The summed E-state index contributed by atoms with van der Waals surface area (Å²) in [6, 6.07) is 5.31. The van der Waals surface area contributed by atoms with Crippen LogP contribution in [0.25, 0.3) is 0 Å². The fourth-order valence-corrected chi connectivity index (χ4v) is 4.04. The summed E-state index contributed by atoms with van der Waals surface area (Å²) in [5, 5.41) is 0.648. The second-order valence-electron chi connectivity index (χ2n) is 5.95. The molecule has 1 saturated heterocycles. The Hall–Kier alpha value is -1.61. The summed E-state index contributed by atoms with van der Waals surface area (Å²) in [6.45, 7) is 1.88. The van der Waals surface area contributed by atoms with E-state index in [1.54, 1.807) is 12.1 Å². The molecule has 1 aromatic rings. The number of hydrogen-bond acceptors (Lipinski definition) is 2. The van der Waals surface area contributed by atoms with E-state index in [0.717, 1.165) is 12.0 Å². The molecular formula is C16H14ClNO2. The number of aryl methyl sites for hydroxylation is 1. The van der Waals surface area contributed by atoms with Crippen LogP contribution in [0.5, 0.6) is 0 Å². The van der Waals surface area contributed by atoms with Crippen LogP contribution >= 0.6 is 11.6 Å². The zero-order valence-corrected chi connectivity index (χ0v) is 11.8. The van der Waals surface area contributed by atoms with E-state index < -0.39 is 0 Å². The SMILES string of the molecule is Cc1cc(N2C(=O)C3C4C=CC(C4)C3C2=O)ccc1Cl. The number of fused-ring (bicyclic) bond motifs is 5. The molecule has 1 saturated carbocycles. The fourth-order valence-electron chi connectivity index (χ4n) is 3.92. The molecular weight excluding hydrogens is 274 g/mol. The van der Waals surface area contributed by atoms with E-state index >= 15 is 0 Å². The van der Waals surface area contributed by atoms with Crippen molar-refractivity contribution >= 4 is 29.1 Å². The van der Waals surface area contributed by atoms with Crippen LogP contribution in [-0.4, -0.2) is 11.8 Å². The van der Waals surface area contributed by atoms with Gasteiger partial charge in [0.15, 0.2) is 0 Å². The minimum atomic E-state index is -0.145. The molecule has 4 rings (SSSR count). The molecule has 2 aliphatic carbocycles. The molecule has 2 fully saturated rings. The van der Waals surface area contributed by atoms with E-state index in [9.17, 15) is 9.59 Å². The Labute approximate surface area is 122 Å². The molecule has 1 aromatic carbocycles. The van der Waals surface area contributed by atoms with E-state index in [0.29, 0.717) is 10.7 Å². The molecule has 3 nitrogen and oxygen atoms in total. The third-order valence-electron chi connectivity index (χ3n) is 4.87. The number of nitrogens with zero attached hydrogens (tertiary/aromatic N) is 1. The van der Waals surface area contributed by atoms with Gasteiger partial charge in [0.2, 0.25) is 11.8 Å². The number of anilines is 1. The summed E-state index contributed by atoms with van der Waals surface area (Å²) in [6.07, 6.45) is 5.17. The van der Waals surface area contributed by atoms with Gasteiger partial charge in [-0.25, -0.2) is 0 Å². The lowest BCUT2D eigenvalue weighted by atomic mass is 9.85. The molecule has 4 unspecified atom stereocenters. The quantitative estimate of drug-likeness (QED) is 0.588. The molecule has 4 heteroatoms. The second kappa shape index (κ2) is 3.95. The third kappa shape index (κ3) is 1.41. The molecule has 4 atom stereocenters. The van der Waals surface area contributed by atoms with Gasteiger partial charge in [0.25, 0.3) is 0 Å². The van der Waals surface area contributed by atoms with Gasteiger partial charge in [-0.3, -0.25) is 14.5 Å². The summed E-state index contributed by atoms with van der Waals surface area (Å²) >= 11 is 6.01. The van der Waals surface area contributed by atoms with Crippen molar-refractivity contribution in [2.45, 2.75) is 13.3 Å². The summed E-state index contributed by atoms with van der Waals surface area (Å²) in [5.41, 5.74) is 1.53. The molecule has 0 spiro atoms. The second-order valence-corrected chi connectivity index (χ2v) is 6.35. The molecule has 20 heavy (non-hydrogen) atoms. The van der Waals surface area contributed by atoms with Gasteiger partial charge in [-0.1, -0.05) is 23.8 Å². The largest absolute Gasteiger partial charge is 0.274 e. The number of amides is 2. The van der Waals surface area contributed by atoms with Crippen LogP contribution in [0.15, 0.2) is 30.4 Å². The fraction of sp³-hybridized carbons (Fsp3) is 0.375. The first-order valence-electron chi connectivity index (χ1n) is 6.90.